The van der Waals surface area contributed by atoms with E-state index in [0.29, 0.717) is 19.6 Å². The predicted molar refractivity (Wildman–Crippen MR) is 183 cm³/mol. The van der Waals surface area contributed by atoms with Crippen LogP contribution >= 0.6 is 22.9 Å². The van der Waals surface area contributed by atoms with Gasteiger partial charge in [0.2, 0.25) is 17.7 Å². The largest absolute Gasteiger partial charge is 0.481 e. The molecule has 17 heteroatoms. The summed E-state index contributed by atoms with van der Waals surface area (Å²) in [5.74, 6) is -3.17. The minimum Gasteiger partial charge on any atom is -0.481 e. The van der Waals surface area contributed by atoms with E-state index in [-0.39, 0.29) is 102 Å². The second-order valence-electron chi connectivity index (χ2n) is 11.0. The van der Waals surface area contributed by atoms with E-state index in [1.54, 1.807) is 22.9 Å². The maximum absolute atomic E-state index is 12.2. The highest BCUT2D eigenvalue weighted by molar-refractivity contribution is 14.1. The summed E-state index contributed by atoms with van der Waals surface area (Å²) in [5.41, 5.74) is 0. The first-order valence-electron chi connectivity index (χ1n) is 16.6. The van der Waals surface area contributed by atoms with Gasteiger partial charge >= 0.3 is 11.9 Å². The van der Waals surface area contributed by atoms with Crippen LogP contribution in [0.15, 0.2) is 0 Å². The van der Waals surface area contributed by atoms with Crippen LogP contribution < -0.4 is 19.5 Å². The molecule has 1 atom stereocenters. The lowest BCUT2D eigenvalue weighted by Crippen LogP contribution is -2.41. The molecule has 0 rings (SSSR count). The van der Waals surface area contributed by atoms with Gasteiger partial charge in [-0.2, -0.15) is 0 Å². The number of unbranched alkanes of at least 4 members (excludes halogenated alkanes) is 9. The van der Waals surface area contributed by atoms with Crippen molar-refractivity contribution in [3.05, 3.63) is 0 Å². The van der Waals surface area contributed by atoms with Gasteiger partial charge in [-0.3, -0.25) is 27.5 Å². The lowest BCUT2D eigenvalue weighted by atomic mass is 10.0. The van der Waals surface area contributed by atoms with Gasteiger partial charge in [0.1, 0.15) is 19.3 Å². The third kappa shape index (κ3) is 32.0. The Hall–Kier alpha value is -2.61. The number of carboxylic acid groups (broad SMARTS) is 2. The second kappa shape index (κ2) is 32.9. The lowest BCUT2D eigenvalue weighted by Gasteiger charge is -2.14. The summed E-state index contributed by atoms with van der Waals surface area (Å²) in [6, 6.07) is -1.14. The molecule has 0 fully saturated rings. The molecule has 0 aromatic rings. The van der Waals surface area contributed by atoms with Crippen molar-refractivity contribution >= 4 is 58.4 Å². The molecule has 16 nitrogen and oxygen atoms in total. The first-order valence-corrected chi connectivity index (χ1v) is 17.7. The van der Waals surface area contributed by atoms with Crippen molar-refractivity contribution in [3.8, 4) is 0 Å². The van der Waals surface area contributed by atoms with E-state index < -0.39 is 18.0 Å². The number of hydrogen-bond acceptors (Lipinski definition) is 10. The molecule has 278 valence electrons. The van der Waals surface area contributed by atoms with Gasteiger partial charge in [-0.1, -0.05) is 51.4 Å². The third-order valence-electron chi connectivity index (χ3n) is 6.79. The number of nitrogens with one attached hydrogen (secondary N) is 4. The van der Waals surface area contributed by atoms with Crippen molar-refractivity contribution in [1.29, 1.82) is 0 Å². The Bertz CT molecular complexity index is 913. The number of amides is 4. The molecule has 48 heavy (non-hydrogen) atoms. The SMILES string of the molecule is O=C(O)CCCCCCCCCCCCC(=O)N[C@@H](CCC(=O)NCCOCCOCC(=O)NCCOCCOCC(=O)NI)C(=O)O. The van der Waals surface area contributed by atoms with Crippen LogP contribution in [-0.4, -0.2) is 118 Å². The predicted octanol–water partition coefficient (Wildman–Crippen LogP) is 1.87. The Morgan fingerprint density at radius 2 is 0.979 bits per heavy atom. The van der Waals surface area contributed by atoms with Gasteiger partial charge in [0.05, 0.1) is 62.5 Å². The van der Waals surface area contributed by atoms with E-state index in [0.717, 1.165) is 57.8 Å². The molecule has 0 aliphatic rings. The summed E-state index contributed by atoms with van der Waals surface area (Å²) in [4.78, 5) is 69.0. The van der Waals surface area contributed by atoms with Crippen LogP contribution in [0.3, 0.4) is 0 Å². The van der Waals surface area contributed by atoms with E-state index in [4.69, 9.17) is 24.1 Å². The molecule has 0 aromatic carbocycles. The fourth-order valence-corrected chi connectivity index (χ4v) is 4.39. The Morgan fingerprint density at radius 3 is 1.48 bits per heavy atom. The van der Waals surface area contributed by atoms with Crippen LogP contribution in [0.25, 0.3) is 0 Å². The number of carbonyl (C=O) groups is 6. The van der Waals surface area contributed by atoms with Gasteiger partial charge < -0.3 is 45.1 Å². The Labute approximate surface area is 297 Å². The quantitative estimate of drug-likeness (QED) is 0.0312. The van der Waals surface area contributed by atoms with Gasteiger partial charge in [-0.05, 0) is 19.3 Å². The number of rotatable bonds is 34. The number of aliphatic carboxylic acids is 2. The minimum absolute atomic E-state index is 0.0284. The molecule has 0 radical (unpaired) electrons. The molecule has 6 N–H and O–H groups in total. The Kier molecular flexibility index (Phi) is 31.1. The summed E-state index contributed by atoms with van der Waals surface area (Å²) < 4.78 is 23.3. The summed E-state index contributed by atoms with van der Waals surface area (Å²) in [6.07, 6.45) is 10.1. The third-order valence-corrected chi connectivity index (χ3v) is 7.39. The van der Waals surface area contributed by atoms with Crippen LogP contribution in [0.4, 0.5) is 0 Å². The van der Waals surface area contributed by atoms with Crippen LogP contribution in [0, 0.1) is 0 Å². The topological polar surface area (TPSA) is 228 Å². The molecule has 4 amide bonds. The number of carbonyl (C=O) groups excluding carboxylic acids is 4. The number of ether oxygens (including phenoxy) is 4. The van der Waals surface area contributed by atoms with E-state index in [1.807, 2.05) is 0 Å². The maximum atomic E-state index is 12.2. The van der Waals surface area contributed by atoms with Crippen molar-refractivity contribution in [1.82, 2.24) is 19.5 Å². The second-order valence-corrected chi connectivity index (χ2v) is 11.5. The Balaban J connectivity index is 3.69. The van der Waals surface area contributed by atoms with E-state index in [2.05, 4.69) is 19.5 Å². The molecule has 0 aliphatic carbocycles. The van der Waals surface area contributed by atoms with Crippen molar-refractivity contribution < 1.29 is 57.9 Å². The average molecular weight is 803 g/mol. The number of hydrogen-bond donors (Lipinski definition) is 6. The monoisotopic (exact) mass is 802 g/mol. The van der Waals surface area contributed by atoms with Crippen LogP contribution in [0.1, 0.15) is 89.9 Å². The van der Waals surface area contributed by atoms with Crippen LogP contribution in [0.2, 0.25) is 0 Å². The summed E-state index contributed by atoms with van der Waals surface area (Å²) in [5, 5.41) is 25.8. The fourth-order valence-electron chi connectivity index (χ4n) is 4.24. The minimum atomic E-state index is -1.19. The fraction of sp³-hybridized carbons (Fsp3) is 0.806. The van der Waals surface area contributed by atoms with Gasteiger partial charge in [-0.15, -0.1) is 0 Å². The lowest BCUT2D eigenvalue weighted by molar-refractivity contribution is -0.142. The van der Waals surface area contributed by atoms with Crippen LogP contribution in [-0.2, 0) is 47.7 Å². The molecular weight excluding hydrogens is 747 g/mol. The van der Waals surface area contributed by atoms with Gasteiger partial charge in [0.25, 0.3) is 5.91 Å². The molecule has 0 saturated heterocycles. The molecule has 0 unspecified atom stereocenters. The molecule has 0 heterocycles. The summed E-state index contributed by atoms with van der Waals surface area (Å²) >= 11 is 1.72. The van der Waals surface area contributed by atoms with Crippen molar-refractivity contribution in [3.63, 3.8) is 0 Å². The molecule has 0 bridgehead atoms. The summed E-state index contributed by atoms with van der Waals surface area (Å²) in [6.45, 7) is 1.79. The van der Waals surface area contributed by atoms with Crippen LogP contribution in [0.5, 0.6) is 0 Å². The first kappa shape index (κ1) is 45.4. The zero-order valence-electron chi connectivity index (χ0n) is 27.9. The van der Waals surface area contributed by atoms with Gasteiger partial charge in [0, 0.05) is 32.4 Å². The zero-order chi connectivity index (χ0) is 35.7. The maximum Gasteiger partial charge on any atom is 0.326 e. The molecule has 0 aliphatic heterocycles. The van der Waals surface area contributed by atoms with E-state index >= 15 is 0 Å². The highest BCUT2D eigenvalue weighted by Gasteiger charge is 2.20. The number of carboxylic acids is 2. The van der Waals surface area contributed by atoms with Gasteiger partial charge in [0.15, 0.2) is 0 Å². The average Bonchev–Trinajstić information content (AvgIpc) is 3.05. The van der Waals surface area contributed by atoms with Crippen molar-refractivity contribution in [2.24, 2.45) is 0 Å². The molecule has 0 aromatic heterocycles. The van der Waals surface area contributed by atoms with E-state index in [9.17, 15) is 33.9 Å². The molecular formula is C31H55IN4O12. The smallest absolute Gasteiger partial charge is 0.326 e. The van der Waals surface area contributed by atoms with E-state index in [1.165, 1.54) is 0 Å². The molecule has 0 spiro atoms. The summed E-state index contributed by atoms with van der Waals surface area (Å²) in [7, 11) is 0. The number of halogens is 1. The van der Waals surface area contributed by atoms with Crippen molar-refractivity contribution in [2.75, 3.05) is 65.9 Å². The highest BCUT2D eigenvalue weighted by atomic mass is 127. The van der Waals surface area contributed by atoms with Gasteiger partial charge in [-0.25, -0.2) is 4.79 Å². The molecule has 0 saturated carbocycles. The van der Waals surface area contributed by atoms with Crippen molar-refractivity contribution in [2.45, 2.75) is 95.9 Å². The zero-order valence-corrected chi connectivity index (χ0v) is 30.1. The first-order chi connectivity index (χ1) is 23.1. The highest BCUT2D eigenvalue weighted by Crippen LogP contribution is 2.12. The normalized spacial score (nSPS) is 11.4. The Morgan fingerprint density at radius 1 is 0.521 bits per heavy atom. The standard InChI is InChI=1S/C31H55IN4O12/c32-36-29(40)24-48-22-20-46-18-16-34-28(39)23-47-21-19-45-17-15-33-26(37)14-13-25(31(43)44)35-27(38)11-9-7-5-3-1-2-4-6-8-10-12-30(41)42/h25H,1-24H2,(H,33,37)(H,34,39)(H,35,38)(H,36,40)(H,41,42)(H,43,44)/t25-/m0/s1.